The Morgan fingerprint density at radius 1 is 1.08 bits per heavy atom. The molecule has 0 aromatic carbocycles. The highest BCUT2D eigenvalue weighted by molar-refractivity contribution is 5.79. The fraction of sp³-hybridized carbons (Fsp3) is 0.346. The molecular weight excluding hydrogens is 474 g/mol. The maximum Gasteiger partial charge on any atom is 0.404 e. The monoisotopic (exact) mass is 505 g/mol. The highest BCUT2D eigenvalue weighted by atomic mass is 16.5. The van der Waals surface area contributed by atoms with E-state index in [0.29, 0.717) is 17.5 Å². The first-order valence-corrected chi connectivity index (χ1v) is 12.0. The lowest BCUT2D eigenvalue weighted by atomic mass is 10.1. The molecule has 4 aromatic rings. The van der Waals surface area contributed by atoms with Crippen molar-refractivity contribution in [2.24, 2.45) is 12.8 Å². The number of aromatic nitrogens is 5. The highest BCUT2D eigenvalue weighted by Crippen LogP contribution is 2.32. The molecule has 0 radical (unpaired) electrons. The standard InChI is InChI=1S/C24H26N6O2.C2H5NO2/c1-15-10-18(16-8-9-25-23(12-16)32-3)27-22(11-15)28-21-13-19-20(14-26-21)29(2)24(31)30(19)17-6-4-5-7-17;1-5-2(3)4/h8-14,17H,4-7H2,1-3H3,(H,26,27,28);1H3,(H2,3,4). The van der Waals surface area contributed by atoms with Crippen molar-refractivity contribution in [3.8, 4) is 17.1 Å². The summed E-state index contributed by atoms with van der Waals surface area (Å²) < 4.78 is 12.8. The van der Waals surface area contributed by atoms with Crippen LogP contribution in [0.4, 0.5) is 16.4 Å². The summed E-state index contributed by atoms with van der Waals surface area (Å²) in [4.78, 5) is 35.7. The Morgan fingerprint density at radius 2 is 1.81 bits per heavy atom. The van der Waals surface area contributed by atoms with Gasteiger partial charge < -0.3 is 20.5 Å². The van der Waals surface area contributed by atoms with E-state index in [1.807, 2.05) is 48.9 Å². The number of imidazole rings is 1. The average Bonchev–Trinajstić information content (AvgIpc) is 3.50. The van der Waals surface area contributed by atoms with Crippen LogP contribution in [0, 0.1) is 6.92 Å². The maximum atomic E-state index is 12.9. The number of methoxy groups -OCH3 is 2. The number of hydrogen-bond acceptors (Lipinski definition) is 8. The van der Waals surface area contributed by atoms with E-state index in [9.17, 15) is 9.59 Å². The number of amides is 1. The van der Waals surface area contributed by atoms with Crippen LogP contribution in [0.5, 0.6) is 5.88 Å². The Bertz CT molecular complexity index is 1470. The fourth-order valence-electron chi connectivity index (χ4n) is 4.53. The quantitative estimate of drug-likeness (QED) is 0.414. The minimum absolute atomic E-state index is 0.0217. The van der Waals surface area contributed by atoms with Gasteiger partial charge in [-0.3, -0.25) is 9.13 Å². The number of fused-ring (bicyclic) bond motifs is 1. The summed E-state index contributed by atoms with van der Waals surface area (Å²) in [7, 11) is 4.63. The normalized spacial score (nSPS) is 13.2. The van der Waals surface area contributed by atoms with Crippen LogP contribution in [-0.4, -0.2) is 44.4 Å². The minimum atomic E-state index is -0.745. The molecule has 1 aliphatic rings. The van der Waals surface area contributed by atoms with Crippen molar-refractivity contribution < 1.29 is 14.3 Å². The molecule has 4 heterocycles. The van der Waals surface area contributed by atoms with Gasteiger partial charge in [0.25, 0.3) is 0 Å². The molecule has 3 N–H and O–H groups in total. The number of carbonyl (C=O) groups is 1. The molecule has 11 nitrogen and oxygen atoms in total. The van der Waals surface area contributed by atoms with Gasteiger partial charge in [-0.2, -0.15) is 0 Å². The summed E-state index contributed by atoms with van der Waals surface area (Å²) in [5, 5.41) is 3.33. The van der Waals surface area contributed by atoms with Gasteiger partial charge in [-0.1, -0.05) is 12.8 Å². The Hall–Kier alpha value is -4.41. The largest absolute Gasteiger partial charge is 0.481 e. The van der Waals surface area contributed by atoms with Crippen molar-refractivity contribution in [2.75, 3.05) is 19.5 Å². The second kappa shape index (κ2) is 11.1. The molecule has 0 unspecified atom stereocenters. The van der Waals surface area contributed by atoms with E-state index in [-0.39, 0.29) is 11.7 Å². The number of rotatable bonds is 5. The Kier molecular flexibility index (Phi) is 7.71. The van der Waals surface area contributed by atoms with Gasteiger partial charge in [-0.15, -0.1) is 0 Å². The lowest BCUT2D eigenvalue weighted by Gasteiger charge is -2.12. The second-order valence-corrected chi connectivity index (χ2v) is 8.86. The predicted molar refractivity (Wildman–Crippen MR) is 141 cm³/mol. The van der Waals surface area contributed by atoms with Crippen LogP contribution in [0.15, 0.2) is 47.5 Å². The third kappa shape index (κ3) is 5.71. The maximum absolute atomic E-state index is 12.9. The molecule has 0 spiro atoms. The van der Waals surface area contributed by atoms with E-state index in [0.717, 1.165) is 40.7 Å². The first-order valence-electron chi connectivity index (χ1n) is 12.0. The number of ether oxygens (including phenoxy) is 2. The number of nitrogens with zero attached hydrogens (tertiary/aromatic N) is 5. The van der Waals surface area contributed by atoms with Gasteiger partial charge in [-0.25, -0.2) is 24.5 Å². The topological polar surface area (TPSA) is 139 Å². The van der Waals surface area contributed by atoms with Gasteiger partial charge in [-0.05, 0) is 43.5 Å². The third-order valence-electron chi connectivity index (χ3n) is 6.33. The molecule has 1 fully saturated rings. The van der Waals surface area contributed by atoms with Gasteiger partial charge in [0.05, 0.1) is 37.1 Å². The molecule has 0 atom stereocenters. The van der Waals surface area contributed by atoms with Gasteiger partial charge in [0.15, 0.2) is 0 Å². The van der Waals surface area contributed by atoms with Crippen molar-refractivity contribution in [3.05, 3.63) is 58.8 Å². The zero-order valence-electron chi connectivity index (χ0n) is 21.4. The second-order valence-electron chi connectivity index (χ2n) is 8.86. The van der Waals surface area contributed by atoms with E-state index < -0.39 is 6.09 Å². The van der Waals surface area contributed by atoms with Gasteiger partial charge in [0, 0.05) is 37.0 Å². The van der Waals surface area contributed by atoms with E-state index >= 15 is 0 Å². The van der Waals surface area contributed by atoms with E-state index in [1.54, 1.807) is 24.1 Å². The number of nitrogens with two attached hydrogens (primary N) is 1. The van der Waals surface area contributed by atoms with Crippen LogP contribution >= 0.6 is 0 Å². The number of primary amides is 1. The summed E-state index contributed by atoms with van der Waals surface area (Å²) in [6, 6.07) is 9.97. The van der Waals surface area contributed by atoms with Crippen LogP contribution in [0.25, 0.3) is 22.3 Å². The fourth-order valence-corrected chi connectivity index (χ4v) is 4.53. The van der Waals surface area contributed by atoms with Crippen LogP contribution in [-0.2, 0) is 11.8 Å². The average molecular weight is 506 g/mol. The highest BCUT2D eigenvalue weighted by Gasteiger charge is 2.23. The molecule has 4 aromatic heterocycles. The van der Waals surface area contributed by atoms with Crippen LogP contribution < -0.4 is 21.5 Å². The Morgan fingerprint density at radius 3 is 2.49 bits per heavy atom. The van der Waals surface area contributed by atoms with Crippen LogP contribution in [0.1, 0.15) is 37.3 Å². The first kappa shape index (κ1) is 25.7. The molecule has 5 rings (SSSR count). The van der Waals surface area contributed by atoms with Gasteiger partial charge in [0.2, 0.25) is 5.88 Å². The van der Waals surface area contributed by atoms with E-state index in [4.69, 9.17) is 9.72 Å². The molecule has 0 aliphatic heterocycles. The number of aryl methyl sites for hydroxylation is 2. The molecule has 0 bridgehead atoms. The third-order valence-corrected chi connectivity index (χ3v) is 6.33. The lowest BCUT2D eigenvalue weighted by molar-refractivity contribution is 0.182. The number of hydrogen-bond donors (Lipinski definition) is 2. The summed E-state index contributed by atoms with van der Waals surface area (Å²) in [5.74, 6) is 1.89. The zero-order valence-corrected chi connectivity index (χ0v) is 21.4. The summed E-state index contributed by atoms with van der Waals surface area (Å²) in [6.45, 7) is 2.03. The molecule has 194 valence electrons. The van der Waals surface area contributed by atoms with Crippen molar-refractivity contribution in [3.63, 3.8) is 0 Å². The number of anilines is 2. The lowest BCUT2D eigenvalue weighted by Crippen LogP contribution is -2.24. The molecule has 1 aliphatic carbocycles. The first-order chi connectivity index (χ1) is 17.8. The van der Waals surface area contributed by atoms with Crippen molar-refractivity contribution in [1.29, 1.82) is 0 Å². The van der Waals surface area contributed by atoms with Crippen LogP contribution in [0.3, 0.4) is 0 Å². The van der Waals surface area contributed by atoms with Crippen molar-refractivity contribution in [1.82, 2.24) is 24.1 Å². The van der Waals surface area contributed by atoms with E-state index in [1.165, 1.54) is 20.0 Å². The van der Waals surface area contributed by atoms with Crippen LogP contribution in [0.2, 0.25) is 0 Å². The number of carbonyl (C=O) groups excluding carboxylic acids is 1. The SMILES string of the molecule is COC(N)=O.COc1cc(-c2cc(C)cc(Nc3cc4c(cn3)n(C)c(=O)n4C3CCCC3)n2)ccn1. The molecule has 11 heteroatoms. The van der Waals surface area contributed by atoms with Gasteiger partial charge in [0.1, 0.15) is 11.6 Å². The zero-order chi connectivity index (χ0) is 26.5. The Labute approximate surface area is 214 Å². The molecular formula is C26H31N7O4. The Balaban J connectivity index is 0.000000586. The van der Waals surface area contributed by atoms with Crippen molar-refractivity contribution >= 4 is 28.8 Å². The number of nitrogens with one attached hydrogen (secondary N) is 1. The summed E-state index contributed by atoms with van der Waals surface area (Å²) in [5.41, 5.74) is 9.01. The molecule has 0 saturated heterocycles. The summed E-state index contributed by atoms with van der Waals surface area (Å²) >= 11 is 0. The predicted octanol–water partition coefficient (Wildman–Crippen LogP) is 4.08. The van der Waals surface area contributed by atoms with E-state index in [2.05, 4.69) is 25.8 Å². The molecule has 1 saturated carbocycles. The molecule has 37 heavy (non-hydrogen) atoms. The molecule has 1 amide bonds. The smallest absolute Gasteiger partial charge is 0.404 e. The van der Waals surface area contributed by atoms with Gasteiger partial charge >= 0.3 is 11.8 Å². The summed E-state index contributed by atoms with van der Waals surface area (Å²) in [6.07, 6.45) is 7.14. The number of pyridine rings is 3. The van der Waals surface area contributed by atoms with Crippen molar-refractivity contribution in [2.45, 2.75) is 38.6 Å². The minimum Gasteiger partial charge on any atom is -0.481 e.